The molecule has 0 saturated carbocycles. The molecule has 0 radical (unpaired) electrons. The van der Waals surface area contributed by atoms with Crippen LogP contribution < -0.4 is 4.80 Å². The summed E-state index contributed by atoms with van der Waals surface area (Å²) in [4.78, 5) is 17.9. The summed E-state index contributed by atoms with van der Waals surface area (Å²) in [6, 6.07) is 9.49. The molecule has 2 heterocycles. The average Bonchev–Trinajstić information content (AvgIpc) is 3.13. The minimum Gasteiger partial charge on any atom is -0.311 e. The third kappa shape index (κ3) is 4.88. The Kier molecular flexibility index (Phi) is 7.36. The molecule has 10 heteroatoms. The predicted octanol–water partition coefficient (Wildman–Crippen LogP) is 5.60. The minimum absolute atomic E-state index is 0.176. The van der Waals surface area contributed by atoms with Crippen LogP contribution in [0.5, 0.6) is 0 Å². The fourth-order valence-corrected chi connectivity index (χ4v) is 7.56. The first-order chi connectivity index (χ1) is 16.1. The Labute approximate surface area is 213 Å². The number of carbonyl (C=O) groups excluding carboxylic acids is 1. The Bertz CT molecular complexity index is 1420. The van der Waals surface area contributed by atoms with Crippen LogP contribution >= 0.6 is 34.5 Å². The fraction of sp³-hybridized carbons (Fsp3) is 0.333. The molecule has 1 aliphatic rings. The molecule has 34 heavy (non-hydrogen) atoms. The number of piperidine rings is 1. The molecule has 0 aliphatic carbocycles. The molecule has 0 bridgehead atoms. The maximum atomic E-state index is 13.1. The second-order valence-corrected chi connectivity index (χ2v) is 12.4. The number of sulfonamides is 1. The summed E-state index contributed by atoms with van der Waals surface area (Å²) in [6.07, 6.45) is 2.71. The zero-order valence-corrected chi connectivity index (χ0v) is 22.0. The van der Waals surface area contributed by atoms with E-state index in [1.807, 2.05) is 6.07 Å². The van der Waals surface area contributed by atoms with Crippen molar-refractivity contribution in [3.8, 4) is 0 Å². The lowest BCUT2D eigenvalue weighted by Gasteiger charge is -2.34. The lowest BCUT2D eigenvalue weighted by molar-refractivity contribution is 0.0997. The van der Waals surface area contributed by atoms with Gasteiger partial charge in [-0.05, 0) is 54.7 Å². The molecule has 2 atom stereocenters. The number of rotatable bonds is 5. The zero-order valence-electron chi connectivity index (χ0n) is 18.9. The summed E-state index contributed by atoms with van der Waals surface area (Å²) in [6.45, 7) is 9.31. The highest BCUT2D eigenvalue weighted by atomic mass is 35.5. The summed E-state index contributed by atoms with van der Waals surface area (Å²) in [5.74, 6) is 0.144. The lowest BCUT2D eigenvalue weighted by Crippen LogP contribution is -2.42. The van der Waals surface area contributed by atoms with E-state index in [1.54, 1.807) is 16.7 Å². The largest absolute Gasteiger partial charge is 0.311 e. The molecule has 180 valence electrons. The van der Waals surface area contributed by atoms with Crippen LogP contribution in [0, 0.1) is 11.8 Å². The average molecular weight is 539 g/mol. The SMILES string of the molecule is C=CCn1c(=NC(=O)c2ccc(S(=O)(=O)N3CC(C)CC(C)C3)cc2)sc2ccc(Cl)c(Cl)c21. The molecule has 0 N–H and O–H groups in total. The Morgan fingerprint density at radius 1 is 1.15 bits per heavy atom. The highest BCUT2D eigenvalue weighted by Gasteiger charge is 2.31. The number of nitrogens with zero attached hydrogens (tertiary/aromatic N) is 3. The first-order valence-corrected chi connectivity index (χ1v) is 13.9. The number of hydrogen-bond acceptors (Lipinski definition) is 4. The van der Waals surface area contributed by atoms with E-state index in [-0.39, 0.29) is 4.90 Å². The molecule has 2 unspecified atom stereocenters. The number of benzene rings is 2. The molecule has 1 amide bonds. The van der Waals surface area contributed by atoms with Crippen molar-refractivity contribution in [1.82, 2.24) is 8.87 Å². The van der Waals surface area contributed by atoms with Crippen molar-refractivity contribution < 1.29 is 13.2 Å². The van der Waals surface area contributed by atoms with E-state index in [2.05, 4.69) is 25.4 Å². The number of hydrogen-bond donors (Lipinski definition) is 0. The van der Waals surface area contributed by atoms with Gasteiger partial charge in [0.2, 0.25) is 10.0 Å². The highest BCUT2D eigenvalue weighted by molar-refractivity contribution is 7.89. The van der Waals surface area contributed by atoms with E-state index in [4.69, 9.17) is 23.2 Å². The number of aromatic nitrogens is 1. The van der Waals surface area contributed by atoms with Gasteiger partial charge in [-0.2, -0.15) is 9.30 Å². The van der Waals surface area contributed by atoms with Crippen molar-refractivity contribution >= 4 is 60.7 Å². The van der Waals surface area contributed by atoms with Gasteiger partial charge in [-0.3, -0.25) is 4.79 Å². The van der Waals surface area contributed by atoms with Gasteiger partial charge in [-0.25, -0.2) is 8.42 Å². The molecule has 6 nitrogen and oxygen atoms in total. The van der Waals surface area contributed by atoms with Gasteiger partial charge in [0, 0.05) is 25.2 Å². The van der Waals surface area contributed by atoms with Crippen molar-refractivity contribution in [3.05, 3.63) is 69.5 Å². The molecular weight excluding hydrogens is 513 g/mol. The van der Waals surface area contributed by atoms with Gasteiger partial charge in [-0.15, -0.1) is 6.58 Å². The fourth-order valence-electron chi connectivity index (χ4n) is 4.36. The number of amides is 1. The van der Waals surface area contributed by atoms with Gasteiger partial charge in [0.25, 0.3) is 5.91 Å². The van der Waals surface area contributed by atoms with Gasteiger partial charge >= 0.3 is 0 Å². The number of carbonyl (C=O) groups is 1. The first kappa shape index (κ1) is 25.1. The van der Waals surface area contributed by atoms with Gasteiger partial charge in [0.15, 0.2) is 4.80 Å². The third-order valence-corrected chi connectivity index (χ3v) is 9.50. The standard InChI is InChI=1S/C24H25Cl2N3O3S2/c1-4-11-29-22-20(10-9-19(25)21(22)26)33-24(29)27-23(30)17-5-7-18(8-6-17)34(31,32)28-13-15(2)12-16(3)14-28/h4-10,15-16H,1,11-14H2,2-3H3. The Morgan fingerprint density at radius 3 is 2.41 bits per heavy atom. The Morgan fingerprint density at radius 2 is 1.79 bits per heavy atom. The molecule has 1 fully saturated rings. The number of fused-ring (bicyclic) bond motifs is 1. The van der Waals surface area contributed by atoms with Gasteiger partial charge in [0.1, 0.15) is 0 Å². The first-order valence-electron chi connectivity index (χ1n) is 10.9. The minimum atomic E-state index is -3.62. The van der Waals surface area contributed by atoms with E-state index in [0.29, 0.717) is 57.4 Å². The third-order valence-electron chi connectivity index (χ3n) is 5.82. The summed E-state index contributed by atoms with van der Waals surface area (Å²) in [5.41, 5.74) is 0.989. The van der Waals surface area contributed by atoms with Crippen LogP contribution in [0.1, 0.15) is 30.6 Å². The smallest absolute Gasteiger partial charge is 0.279 e. The van der Waals surface area contributed by atoms with E-state index in [1.165, 1.54) is 39.9 Å². The molecule has 1 saturated heterocycles. The number of thiazole rings is 1. The molecule has 3 aromatic rings. The van der Waals surface area contributed by atoms with Crippen molar-refractivity contribution in [1.29, 1.82) is 0 Å². The van der Waals surface area contributed by atoms with Crippen LogP contribution in [0.2, 0.25) is 10.0 Å². The number of allylic oxidation sites excluding steroid dienone is 1. The zero-order chi connectivity index (χ0) is 24.6. The van der Waals surface area contributed by atoms with E-state index in [9.17, 15) is 13.2 Å². The van der Waals surface area contributed by atoms with Crippen LogP contribution in [-0.2, 0) is 16.6 Å². The van der Waals surface area contributed by atoms with Crippen LogP contribution in [0.25, 0.3) is 10.2 Å². The highest BCUT2D eigenvalue weighted by Crippen LogP contribution is 2.32. The molecular formula is C24H25Cl2N3O3S2. The van der Waals surface area contributed by atoms with Crippen molar-refractivity contribution in [2.45, 2.75) is 31.7 Å². The van der Waals surface area contributed by atoms with Crippen molar-refractivity contribution in [2.24, 2.45) is 16.8 Å². The second kappa shape index (κ2) is 9.95. The number of halogens is 2. The van der Waals surface area contributed by atoms with Crippen LogP contribution in [-0.4, -0.2) is 36.3 Å². The maximum absolute atomic E-state index is 13.1. The molecule has 0 spiro atoms. The monoisotopic (exact) mass is 537 g/mol. The Balaban J connectivity index is 1.66. The molecule has 1 aromatic heterocycles. The topological polar surface area (TPSA) is 71.7 Å². The summed E-state index contributed by atoms with van der Waals surface area (Å²) >= 11 is 13.9. The second-order valence-electron chi connectivity index (χ2n) is 8.70. The van der Waals surface area contributed by atoms with Crippen LogP contribution in [0.3, 0.4) is 0 Å². The predicted molar refractivity (Wildman–Crippen MR) is 138 cm³/mol. The molecule has 4 rings (SSSR count). The van der Waals surface area contributed by atoms with E-state index >= 15 is 0 Å². The van der Waals surface area contributed by atoms with Gasteiger partial charge in [0.05, 0.1) is 25.2 Å². The van der Waals surface area contributed by atoms with Gasteiger partial charge in [-0.1, -0.05) is 54.5 Å². The molecule has 1 aliphatic heterocycles. The summed E-state index contributed by atoms with van der Waals surface area (Å²) in [5, 5.41) is 0.805. The Hall–Kier alpha value is -1.97. The van der Waals surface area contributed by atoms with Crippen molar-refractivity contribution in [3.63, 3.8) is 0 Å². The van der Waals surface area contributed by atoms with Crippen molar-refractivity contribution in [2.75, 3.05) is 13.1 Å². The lowest BCUT2D eigenvalue weighted by atomic mass is 9.94. The quantitative estimate of drug-likeness (QED) is 0.397. The van der Waals surface area contributed by atoms with Gasteiger partial charge < -0.3 is 4.57 Å². The molecule has 2 aromatic carbocycles. The van der Waals surface area contributed by atoms with Crippen LogP contribution in [0.15, 0.2) is 58.9 Å². The normalized spacial score (nSPS) is 20.1. The van der Waals surface area contributed by atoms with E-state index < -0.39 is 15.9 Å². The maximum Gasteiger partial charge on any atom is 0.279 e. The van der Waals surface area contributed by atoms with E-state index in [0.717, 1.165) is 11.1 Å². The van der Waals surface area contributed by atoms with Crippen LogP contribution in [0.4, 0.5) is 0 Å². The summed E-state index contributed by atoms with van der Waals surface area (Å²) in [7, 11) is -3.62. The summed E-state index contributed by atoms with van der Waals surface area (Å²) < 4.78 is 30.4.